The monoisotopic (exact) mass is 295 g/mol. The minimum Gasteiger partial charge on any atom is -0.508 e. The van der Waals surface area contributed by atoms with Crippen LogP contribution < -0.4 is 5.43 Å². The van der Waals surface area contributed by atoms with Crippen molar-refractivity contribution in [1.29, 1.82) is 0 Å². The van der Waals surface area contributed by atoms with Crippen molar-refractivity contribution in [3.05, 3.63) is 58.6 Å². The maximum absolute atomic E-state index is 12.7. The zero-order valence-electron chi connectivity index (χ0n) is 12.4. The second-order valence-corrected chi connectivity index (χ2v) is 5.27. The highest BCUT2D eigenvalue weighted by molar-refractivity contribution is 5.83. The van der Waals surface area contributed by atoms with Crippen molar-refractivity contribution in [2.75, 3.05) is 0 Å². The van der Waals surface area contributed by atoms with Crippen LogP contribution in [0.3, 0.4) is 0 Å². The van der Waals surface area contributed by atoms with Gasteiger partial charge in [-0.15, -0.1) is 0 Å². The molecule has 0 amide bonds. The largest absolute Gasteiger partial charge is 0.508 e. The van der Waals surface area contributed by atoms with Gasteiger partial charge in [0.1, 0.15) is 17.6 Å². The average Bonchev–Trinajstić information content (AvgIpc) is 2.54. The molecule has 3 rings (SSSR count). The van der Waals surface area contributed by atoms with Crippen LogP contribution in [-0.4, -0.2) is 10.1 Å². The van der Waals surface area contributed by atoms with Crippen LogP contribution in [0, 0.1) is 0 Å². The normalized spacial score (nSPS) is 11.0. The lowest BCUT2D eigenvalue weighted by Crippen LogP contribution is -2.06. The Morgan fingerprint density at radius 2 is 2.14 bits per heavy atom. The molecule has 3 aromatic rings. The van der Waals surface area contributed by atoms with Gasteiger partial charge >= 0.3 is 0 Å². The van der Waals surface area contributed by atoms with Gasteiger partial charge in [-0.2, -0.15) is 0 Å². The molecule has 0 aliphatic heterocycles. The van der Waals surface area contributed by atoms with E-state index in [-0.39, 0.29) is 11.2 Å². The van der Waals surface area contributed by atoms with E-state index in [9.17, 15) is 9.90 Å². The first-order chi connectivity index (χ1) is 10.7. The lowest BCUT2D eigenvalue weighted by Gasteiger charge is -2.07. The molecule has 0 bridgehead atoms. The van der Waals surface area contributed by atoms with E-state index in [0.29, 0.717) is 22.2 Å². The first kappa shape index (κ1) is 14.3. The van der Waals surface area contributed by atoms with Crippen molar-refractivity contribution >= 4 is 11.0 Å². The van der Waals surface area contributed by atoms with Gasteiger partial charge in [-0.3, -0.25) is 9.78 Å². The Bertz CT molecular complexity index is 853. The first-order valence-corrected chi connectivity index (χ1v) is 7.39. The van der Waals surface area contributed by atoms with Crippen LogP contribution in [0.25, 0.3) is 22.2 Å². The highest BCUT2D eigenvalue weighted by atomic mass is 16.3. The van der Waals surface area contributed by atoms with Crippen LogP contribution in [0.2, 0.25) is 0 Å². The first-order valence-electron chi connectivity index (χ1n) is 7.39. The summed E-state index contributed by atoms with van der Waals surface area (Å²) >= 11 is 0. The van der Waals surface area contributed by atoms with Gasteiger partial charge in [-0.25, -0.2) is 0 Å². The number of benzene rings is 1. The lowest BCUT2D eigenvalue weighted by atomic mass is 10.0. The van der Waals surface area contributed by atoms with Crippen LogP contribution in [0.5, 0.6) is 5.75 Å². The summed E-state index contributed by atoms with van der Waals surface area (Å²) in [6.45, 7) is 2.09. The predicted molar refractivity (Wildman–Crippen MR) is 86.0 cm³/mol. The number of phenols is 1. The molecule has 0 radical (unpaired) electrons. The van der Waals surface area contributed by atoms with Gasteiger partial charge in [0.05, 0.1) is 16.6 Å². The molecule has 0 saturated heterocycles. The summed E-state index contributed by atoms with van der Waals surface area (Å²) in [6, 6.07) is 8.65. The molecule has 112 valence electrons. The number of pyridine rings is 1. The number of fused-ring (bicyclic) bond motifs is 1. The Morgan fingerprint density at radius 1 is 1.27 bits per heavy atom. The van der Waals surface area contributed by atoms with E-state index in [0.717, 1.165) is 24.8 Å². The number of aromatic nitrogens is 1. The van der Waals surface area contributed by atoms with Gasteiger partial charge in [0, 0.05) is 12.3 Å². The quantitative estimate of drug-likeness (QED) is 0.792. The van der Waals surface area contributed by atoms with Gasteiger partial charge < -0.3 is 9.52 Å². The van der Waals surface area contributed by atoms with Crippen molar-refractivity contribution in [2.45, 2.75) is 26.2 Å². The Labute approximate surface area is 128 Å². The Hall–Kier alpha value is -2.62. The SMILES string of the molecule is CCCCc1cc2c(=O)c(-c3ccccn3)coc2cc1O. The minimum absolute atomic E-state index is 0.127. The van der Waals surface area contributed by atoms with Crippen molar-refractivity contribution in [2.24, 2.45) is 0 Å². The molecule has 0 atom stereocenters. The number of phenolic OH excluding ortho intramolecular Hbond substituents is 1. The predicted octanol–water partition coefficient (Wildman–Crippen LogP) is 3.90. The number of hydrogen-bond acceptors (Lipinski definition) is 4. The summed E-state index contributed by atoms with van der Waals surface area (Å²) in [7, 11) is 0. The zero-order chi connectivity index (χ0) is 15.5. The Morgan fingerprint density at radius 3 is 2.86 bits per heavy atom. The topological polar surface area (TPSA) is 63.3 Å². The van der Waals surface area contributed by atoms with Crippen LogP contribution >= 0.6 is 0 Å². The molecule has 0 spiro atoms. The number of hydrogen-bond donors (Lipinski definition) is 1. The minimum atomic E-state index is -0.127. The van der Waals surface area contributed by atoms with E-state index >= 15 is 0 Å². The fraction of sp³-hybridized carbons (Fsp3) is 0.222. The van der Waals surface area contributed by atoms with E-state index in [4.69, 9.17) is 4.42 Å². The molecule has 2 heterocycles. The standard InChI is InChI=1S/C18H17NO3/c1-2-3-6-12-9-13-17(10-16(12)20)22-11-14(18(13)21)15-7-4-5-8-19-15/h4-5,7-11,20H,2-3,6H2,1H3. The van der Waals surface area contributed by atoms with Gasteiger partial charge in [0.25, 0.3) is 0 Å². The number of rotatable bonds is 4. The smallest absolute Gasteiger partial charge is 0.202 e. The van der Waals surface area contributed by atoms with Gasteiger partial charge in [0.15, 0.2) is 0 Å². The van der Waals surface area contributed by atoms with Crippen molar-refractivity contribution < 1.29 is 9.52 Å². The van der Waals surface area contributed by atoms with E-state index < -0.39 is 0 Å². The summed E-state index contributed by atoms with van der Waals surface area (Å²) in [4.78, 5) is 16.9. The number of aromatic hydroxyl groups is 1. The molecule has 22 heavy (non-hydrogen) atoms. The molecule has 1 N–H and O–H groups in total. The molecule has 1 aromatic carbocycles. The molecular weight excluding hydrogens is 278 g/mol. The molecule has 2 aromatic heterocycles. The third kappa shape index (κ3) is 2.60. The molecule has 0 fully saturated rings. The van der Waals surface area contributed by atoms with E-state index in [1.165, 1.54) is 12.3 Å². The second kappa shape index (κ2) is 6.02. The van der Waals surface area contributed by atoms with Crippen LogP contribution in [0.15, 0.2) is 52.0 Å². The molecular formula is C18H17NO3. The van der Waals surface area contributed by atoms with Crippen LogP contribution in [-0.2, 0) is 6.42 Å². The molecule has 4 heteroatoms. The second-order valence-electron chi connectivity index (χ2n) is 5.27. The molecule has 0 aliphatic carbocycles. The number of nitrogens with zero attached hydrogens (tertiary/aromatic N) is 1. The third-order valence-electron chi connectivity index (χ3n) is 3.71. The molecule has 0 saturated carbocycles. The highest BCUT2D eigenvalue weighted by Gasteiger charge is 2.12. The zero-order valence-corrected chi connectivity index (χ0v) is 12.4. The number of unbranched alkanes of at least 4 members (excludes halogenated alkanes) is 1. The van der Waals surface area contributed by atoms with Crippen LogP contribution in [0.1, 0.15) is 25.3 Å². The van der Waals surface area contributed by atoms with E-state index in [1.807, 2.05) is 6.07 Å². The lowest BCUT2D eigenvalue weighted by molar-refractivity contribution is 0.466. The summed E-state index contributed by atoms with van der Waals surface area (Å²) in [6.07, 6.45) is 5.77. The Balaban J connectivity index is 2.17. The average molecular weight is 295 g/mol. The van der Waals surface area contributed by atoms with Gasteiger partial charge in [-0.05, 0) is 36.6 Å². The molecule has 0 unspecified atom stereocenters. The summed E-state index contributed by atoms with van der Waals surface area (Å²) in [5.41, 5.74) is 2.06. The van der Waals surface area contributed by atoms with Gasteiger partial charge in [0.2, 0.25) is 5.43 Å². The fourth-order valence-corrected chi connectivity index (χ4v) is 2.48. The Kier molecular flexibility index (Phi) is 3.92. The fourth-order valence-electron chi connectivity index (χ4n) is 2.48. The molecule has 4 nitrogen and oxygen atoms in total. The maximum Gasteiger partial charge on any atom is 0.202 e. The van der Waals surface area contributed by atoms with E-state index in [2.05, 4.69) is 11.9 Å². The summed E-state index contributed by atoms with van der Waals surface area (Å²) in [5, 5.41) is 10.5. The summed E-state index contributed by atoms with van der Waals surface area (Å²) < 4.78 is 5.52. The number of aryl methyl sites for hydroxylation is 1. The van der Waals surface area contributed by atoms with Crippen molar-refractivity contribution in [3.8, 4) is 17.0 Å². The summed E-state index contributed by atoms with van der Waals surface area (Å²) in [5.74, 6) is 0.176. The van der Waals surface area contributed by atoms with E-state index in [1.54, 1.807) is 24.4 Å². The van der Waals surface area contributed by atoms with Gasteiger partial charge in [-0.1, -0.05) is 19.4 Å². The maximum atomic E-state index is 12.7. The van der Waals surface area contributed by atoms with Crippen LogP contribution in [0.4, 0.5) is 0 Å². The van der Waals surface area contributed by atoms with Crippen molar-refractivity contribution in [3.63, 3.8) is 0 Å². The third-order valence-corrected chi connectivity index (χ3v) is 3.71. The highest BCUT2D eigenvalue weighted by Crippen LogP contribution is 2.26. The molecule has 0 aliphatic rings. The van der Waals surface area contributed by atoms with Crippen molar-refractivity contribution in [1.82, 2.24) is 4.98 Å².